The van der Waals surface area contributed by atoms with Crippen molar-refractivity contribution in [2.24, 2.45) is 0 Å². The lowest BCUT2D eigenvalue weighted by molar-refractivity contribution is -0.298. The van der Waals surface area contributed by atoms with Gasteiger partial charge < -0.3 is 35.2 Å². The fraction of sp³-hybridized carbons (Fsp3) is 0.898. The molecule has 1 saturated heterocycles. The van der Waals surface area contributed by atoms with E-state index in [4.69, 9.17) is 9.47 Å². The summed E-state index contributed by atoms with van der Waals surface area (Å²) in [5.41, 5.74) is 0. The molecule has 62 heavy (non-hydrogen) atoms. The van der Waals surface area contributed by atoms with Gasteiger partial charge in [-0.1, -0.05) is 205 Å². The minimum atomic E-state index is -5.08. The third kappa shape index (κ3) is 32.3. The van der Waals surface area contributed by atoms with Crippen molar-refractivity contribution in [2.45, 2.75) is 269 Å². The lowest BCUT2D eigenvalue weighted by atomic mass is 9.99. The molecule has 0 aliphatic carbocycles. The fourth-order valence-corrected chi connectivity index (χ4v) is 8.65. The first-order valence-corrected chi connectivity index (χ1v) is 26.6. The van der Waals surface area contributed by atoms with E-state index in [0.717, 1.165) is 64.2 Å². The van der Waals surface area contributed by atoms with Gasteiger partial charge >= 0.3 is 10.4 Å². The van der Waals surface area contributed by atoms with Crippen LogP contribution in [0, 0.1) is 0 Å². The summed E-state index contributed by atoms with van der Waals surface area (Å²) in [6, 6.07) is -0.856. The van der Waals surface area contributed by atoms with Crippen molar-refractivity contribution in [3.63, 3.8) is 0 Å². The molecule has 366 valence electrons. The Morgan fingerprint density at radius 2 is 1.13 bits per heavy atom. The highest BCUT2D eigenvalue weighted by Gasteiger charge is 2.48. The third-order valence-electron chi connectivity index (χ3n) is 12.0. The van der Waals surface area contributed by atoms with Gasteiger partial charge in [-0.3, -0.25) is 9.35 Å². The molecule has 1 fully saturated rings. The lowest BCUT2D eigenvalue weighted by Gasteiger charge is -2.41. The number of ether oxygens (including phenoxy) is 2. The Labute approximate surface area is 378 Å². The molecule has 7 atom stereocenters. The summed E-state index contributed by atoms with van der Waals surface area (Å²) in [6.45, 7) is 3.36. The molecule has 1 amide bonds. The average molecular weight is 904 g/mol. The van der Waals surface area contributed by atoms with Crippen molar-refractivity contribution in [1.29, 1.82) is 0 Å². The third-order valence-corrected chi connectivity index (χ3v) is 12.5. The van der Waals surface area contributed by atoms with Crippen molar-refractivity contribution in [2.75, 3.05) is 13.2 Å². The molecule has 0 aromatic rings. The standard InChI is InChI=1S/C49H93NO11S/c1-3-5-7-9-11-13-15-17-19-20-21-22-23-24-25-27-29-31-33-35-37-39-45(53)50-42(41-59-49-47(55)48(61-62(56,57)58)46(54)44(40-51)60-49)43(52)38-36-34-32-30-28-26-18-16-14-12-10-8-6-4-2/h5,7,11,13,42-44,46-49,51-52,54-55H,3-4,6,8-10,12,14-41H2,1-2H3,(H,50,53)(H,56,57,58)/b7-5-,13-11-. The van der Waals surface area contributed by atoms with Gasteiger partial charge in [-0.15, -0.1) is 0 Å². The predicted molar refractivity (Wildman–Crippen MR) is 250 cm³/mol. The molecular weight excluding hydrogens is 811 g/mol. The first-order valence-electron chi connectivity index (χ1n) is 25.2. The second kappa shape index (κ2) is 39.9. The highest BCUT2D eigenvalue weighted by atomic mass is 32.3. The van der Waals surface area contributed by atoms with Gasteiger partial charge in [-0.05, 0) is 38.5 Å². The first-order chi connectivity index (χ1) is 30.0. The van der Waals surface area contributed by atoms with E-state index in [1.54, 1.807) is 0 Å². The van der Waals surface area contributed by atoms with E-state index < -0.39 is 59.9 Å². The van der Waals surface area contributed by atoms with Crippen LogP contribution >= 0.6 is 0 Å². The maximum absolute atomic E-state index is 13.1. The summed E-state index contributed by atoms with van der Waals surface area (Å²) in [5, 5.41) is 44.9. The smallest absolute Gasteiger partial charge is 0.394 e. The number of hydrogen-bond acceptors (Lipinski definition) is 10. The van der Waals surface area contributed by atoms with Crippen LogP contribution in [0.5, 0.6) is 0 Å². The number of hydrogen-bond donors (Lipinski definition) is 6. The Morgan fingerprint density at radius 1 is 0.661 bits per heavy atom. The van der Waals surface area contributed by atoms with Crippen LogP contribution in [0.25, 0.3) is 0 Å². The second-order valence-electron chi connectivity index (χ2n) is 17.7. The van der Waals surface area contributed by atoms with Crippen molar-refractivity contribution in [3.05, 3.63) is 24.3 Å². The number of unbranched alkanes of at least 4 members (excludes halogenated alkanes) is 27. The molecule has 0 bridgehead atoms. The SMILES string of the molecule is CC/C=C\C/C=C\CCCCCCCCCCCCCCCCC(=O)NC(COC1OC(CO)C(O)C(OS(=O)(=O)O)C1O)C(O)CCCCCCCCCCCCCCCC. The van der Waals surface area contributed by atoms with E-state index in [2.05, 4.69) is 47.7 Å². The first kappa shape index (κ1) is 58.6. The molecule has 7 unspecified atom stereocenters. The number of carbonyl (C=O) groups is 1. The predicted octanol–water partition coefficient (Wildman–Crippen LogP) is 10.5. The largest absolute Gasteiger partial charge is 0.397 e. The second-order valence-corrected chi connectivity index (χ2v) is 18.8. The van der Waals surface area contributed by atoms with Crippen LogP contribution in [-0.4, -0.2) is 95.4 Å². The van der Waals surface area contributed by atoms with Gasteiger partial charge in [0.25, 0.3) is 0 Å². The van der Waals surface area contributed by atoms with Crippen LogP contribution in [0.15, 0.2) is 24.3 Å². The average Bonchev–Trinajstić information content (AvgIpc) is 3.24. The summed E-state index contributed by atoms with van der Waals surface area (Å²) >= 11 is 0. The van der Waals surface area contributed by atoms with Gasteiger partial charge in [0.05, 0.1) is 25.4 Å². The summed E-state index contributed by atoms with van der Waals surface area (Å²) in [5.74, 6) is -0.229. The van der Waals surface area contributed by atoms with Crippen molar-refractivity contribution in [3.8, 4) is 0 Å². The molecule has 13 heteroatoms. The number of nitrogens with one attached hydrogen (secondary N) is 1. The molecule has 1 aliphatic heterocycles. The number of aliphatic hydroxyl groups is 4. The molecule has 1 aliphatic rings. The molecule has 1 heterocycles. The zero-order valence-electron chi connectivity index (χ0n) is 39.2. The van der Waals surface area contributed by atoms with Crippen LogP contribution < -0.4 is 5.32 Å². The Balaban J connectivity index is 2.41. The molecular formula is C49H93NO11S. The Morgan fingerprint density at radius 3 is 1.61 bits per heavy atom. The molecule has 12 nitrogen and oxygen atoms in total. The molecule has 0 aromatic carbocycles. The van der Waals surface area contributed by atoms with Crippen molar-refractivity contribution >= 4 is 16.3 Å². The van der Waals surface area contributed by atoms with E-state index >= 15 is 0 Å². The Bertz CT molecular complexity index is 1200. The summed E-state index contributed by atoms with van der Waals surface area (Å²) in [7, 11) is -5.08. The number of aliphatic hydroxyl groups excluding tert-OH is 4. The van der Waals surface area contributed by atoms with Crippen LogP contribution in [0.2, 0.25) is 0 Å². The van der Waals surface area contributed by atoms with Gasteiger partial charge in [0.2, 0.25) is 5.91 Å². The minimum Gasteiger partial charge on any atom is -0.394 e. The van der Waals surface area contributed by atoms with Gasteiger partial charge in [0.1, 0.15) is 24.4 Å². The number of amides is 1. The Hall–Kier alpha value is -1.42. The summed E-state index contributed by atoms with van der Waals surface area (Å²) < 4.78 is 47.7. The Kier molecular flexibility index (Phi) is 37.7. The minimum absolute atomic E-state index is 0.229. The molecule has 0 aromatic heterocycles. The van der Waals surface area contributed by atoms with Crippen LogP contribution in [0.3, 0.4) is 0 Å². The highest BCUT2D eigenvalue weighted by Crippen LogP contribution is 2.26. The van der Waals surface area contributed by atoms with Crippen molar-refractivity contribution in [1.82, 2.24) is 5.32 Å². The molecule has 6 N–H and O–H groups in total. The van der Waals surface area contributed by atoms with E-state index in [1.165, 1.54) is 135 Å². The normalized spacial score (nSPS) is 20.7. The maximum atomic E-state index is 13.1. The van der Waals surface area contributed by atoms with E-state index in [9.17, 15) is 38.2 Å². The monoisotopic (exact) mass is 904 g/mol. The van der Waals surface area contributed by atoms with Gasteiger partial charge in [0, 0.05) is 6.42 Å². The molecule has 1 rings (SSSR count). The van der Waals surface area contributed by atoms with E-state index in [-0.39, 0.29) is 12.5 Å². The summed E-state index contributed by atoms with van der Waals surface area (Å²) in [4.78, 5) is 13.1. The van der Waals surface area contributed by atoms with Gasteiger partial charge in [0.15, 0.2) is 6.29 Å². The van der Waals surface area contributed by atoms with E-state index in [1.807, 2.05) is 0 Å². The number of rotatable bonds is 43. The van der Waals surface area contributed by atoms with Crippen LogP contribution in [0.4, 0.5) is 0 Å². The van der Waals surface area contributed by atoms with Gasteiger partial charge in [-0.2, -0.15) is 8.42 Å². The van der Waals surface area contributed by atoms with E-state index in [0.29, 0.717) is 12.8 Å². The fourth-order valence-electron chi connectivity index (χ4n) is 8.15. The molecule has 0 radical (unpaired) electrons. The highest BCUT2D eigenvalue weighted by molar-refractivity contribution is 7.80. The zero-order valence-corrected chi connectivity index (χ0v) is 40.0. The zero-order chi connectivity index (χ0) is 45.5. The van der Waals surface area contributed by atoms with Crippen molar-refractivity contribution < 1.29 is 51.8 Å². The lowest BCUT2D eigenvalue weighted by Crippen LogP contribution is -2.61. The maximum Gasteiger partial charge on any atom is 0.397 e. The molecule has 0 spiro atoms. The van der Waals surface area contributed by atoms with Crippen LogP contribution in [-0.2, 0) is 28.9 Å². The topological polar surface area (TPSA) is 192 Å². The van der Waals surface area contributed by atoms with Crippen LogP contribution in [0.1, 0.15) is 226 Å². The quantitative estimate of drug-likeness (QED) is 0.0194. The number of carbonyl (C=O) groups excluding carboxylic acids is 1. The number of allylic oxidation sites excluding steroid dienone is 4. The van der Waals surface area contributed by atoms with Gasteiger partial charge in [-0.25, -0.2) is 4.18 Å². The summed E-state index contributed by atoms with van der Waals surface area (Å²) in [6.07, 6.45) is 37.5. The molecule has 0 saturated carbocycles.